The van der Waals surface area contributed by atoms with Crippen molar-refractivity contribution in [2.24, 2.45) is 0 Å². The average Bonchev–Trinajstić information content (AvgIpc) is 1.81. The summed E-state index contributed by atoms with van der Waals surface area (Å²) in [7, 11) is 0. The molecule has 0 aliphatic rings. The molecule has 13 heavy (non-hydrogen) atoms. The predicted molar refractivity (Wildman–Crippen MR) is 50.5 cm³/mol. The number of nitrogens with zero attached hydrogens (tertiary/aromatic N) is 1. The van der Waals surface area contributed by atoms with Gasteiger partial charge in [-0.15, -0.1) is 0 Å². The Balaban J connectivity index is 3.97. The molecule has 0 saturated carbocycles. The van der Waals surface area contributed by atoms with E-state index in [-0.39, 0.29) is 6.54 Å². The monoisotopic (exact) mass is 209 g/mol. The summed E-state index contributed by atoms with van der Waals surface area (Å²) in [4.78, 5) is 11.2. The fraction of sp³-hybridized carbons (Fsp3) is 0.875. The van der Waals surface area contributed by atoms with Gasteiger partial charge >= 0.3 is 6.09 Å². The fourth-order valence-corrected chi connectivity index (χ4v) is 0.852. The average molecular weight is 210 g/mol. The third-order valence-corrected chi connectivity index (χ3v) is 1.29. The number of aliphatic hydroxyl groups is 1. The number of ether oxygens (including phenoxy) is 1. The van der Waals surface area contributed by atoms with E-state index < -0.39 is 17.8 Å². The first-order valence-corrected chi connectivity index (χ1v) is 4.40. The third-order valence-electron chi connectivity index (χ3n) is 1.02. The molecule has 0 spiro atoms. The van der Waals surface area contributed by atoms with E-state index in [1.165, 1.54) is 0 Å². The van der Waals surface area contributed by atoms with Crippen molar-refractivity contribution in [1.29, 1.82) is 0 Å². The summed E-state index contributed by atoms with van der Waals surface area (Å²) < 4.78 is 5.77. The van der Waals surface area contributed by atoms with Crippen molar-refractivity contribution in [2.45, 2.75) is 39.4 Å². The van der Waals surface area contributed by atoms with E-state index in [2.05, 4.69) is 0 Å². The number of amides is 1. The standard InChI is InChI=1S/C8H16ClNO3/c1-6(11)5-10(9)7(12)13-8(2,3)4/h6,11H,5H2,1-4H3/t6-/m0/s1. The second-order valence-electron chi connectivity index (χ2n) is 3.87. The maximum atomic E-state index is 11.2. The molecule has 0 bridgehead atoms. The van der Waals surface area contributed by atoms with Crippen LogP contribution in [-0.2, 0) is 4.74 Å². The molecule has 0 radical (unpaired) electrons. The van der Waals surface area contributed by atoms with Gasteiger partial charge in [0.2, 0.25) is 0 Å². The molecule has 1 amide bonds. The first-order valence-electron chi connectivity index (χ1n) is 4.07. The highest BCUT2D eigenvalue weighted by molar-refractivity contribution is 6.20. The van der Waals surface area contributed by atoms with Crippen LogP contribution in [0.2, 0.25) is 0 Å². The number of aliphatic hydroxyl groups excluding tert-OH is 1. The minimum Gasteiger partial charge on any atom is -0.443 e. The SMILES string of the molecule is C[C@H](O)CN(Cl)C(=O)OC(C)(C)C. The van der Waals surface area contributed by atoms with Crippen molar-refractivity contribution in [3.8, 4) is 0 Å². The molecular weight excluding hydrogens is 194 g/mol. The Kier molecular flexibility index (Phi) is 4.50. The largest absolute Gasteiger partial charge is 0.443 e. The van der Waals surface area contributed by atoms with Crippen LogP contribution in [-0.4, -0.2) is 33.9 Å². The van der Waals surface area contributed by atoms with Crippen LogP contribution in [0, 0.1) is 0 Å². The molecule has 4 nitrogen and oxygen atoms in total. The quantitative estimate of drug-likeness (QED) is 0.705. The number of carbonyl (C=O) groups excluding carboxylic acids is 1. The molecule has 0 heterocycles. The van der Waals surface area contributed by atoms with Crippen molar-refractivity contribution >= 4 is 17.9 Å². The molecule has 1 atom stereocenters. The highest BCUT2D eigenvalue weighted by Gasteiger charge is 2.21. The Hall–Kier alpha value is -0.480. The molecule has 0 aromatic heterocycles. The number of rotatable bonds is 2. The second kappa shape index (κ2) is 4.67. The van der Waals surface area contributed by atoms with Crippen molar-refractivity contribution < 1.29 is 14.6 Å². The molecule has 0 rings (SSSR count). The number of hydrogen-bond acceptors (Lipinski definition) is 3. The molecule has 1 N–H and O–H groups in total. The van der Waals surface area contributed by atoms with Crippen molar-refractivity contribution in [3.05, 3.63) is 0 Å². The van der Waals surface area contributed by atoms with Crippen LogP contribution in [0.5, 0.6) is 0 Å². The van der Waals surface area contributed by atoms with E-state index in [1.54, 1.807) is 27.7 Å². The lowest BCUT2D eigenvalue weighted by Gasteiger charge is -2.23. The first kappa shape index (κ1) is 12.5. The van der Waals surface area contributed by atoms with Gasteiger partial charge in [-0.3, -0.25) is 0 Å². The van der Waals surface area contributed by atoms with E-state index in [9.17, 15) is 4.79 Å². The molecule has 0 saturated heterocycles. The van der Waals surface area contributed by atoms with Gasteiger partial charge in [0.15, 0.2) is 0 Å². The maximum Gasteiger partial charge on any atom is 0.425 e. The molecule has 0 unspecified atom stereocenters. The topological polar surface area (TPSA) is 49.8 Å². The van der Waals surface area contributed by atoms with E-state index >= 15 is 0 Å². The normalized spacial score (nSPS) is 13.7. The lowest BCUT2D eigenvalue weighted by atomic mass is 10.2. The number of carbonyl (C=O) groups is 1. The van der Waals surface area contributed by atoms with Crippen LogP contribution in [0.25, 0.3) is 0 Å². The van der Waals surface area contributed by atoms with Gasteiger partial charge in [0.25, 0.3) is 0 Å². The number of halogens is 1. The van der Waals surface area contributed by atoms with Gasteiger partial charge in [-0.05, 0) is 27.7 Å². The van der Waals surface area contributed by atoms with Gasteiger partial charge < -0.3 is 9.84 Å². The summed E-state index contributed by atoms with van der Waals surface area (Å²) in [5.74, 6) is 0. The molecule has 0 aromatic rings. The van der Waals surface area contributed by atoms with Gasteiger partial charge in [0, 0.05) is 11.8 Å². The van der Waals surface area contributed by atoms with Crippen LogP contribution in [0.1, 0.15) is 27.7 Å². The minimum absolute atomic E-state index is 0.0521. The van der Waals surface area contributed by atoms with Gasteiger partial charge in [0.1, 0.15) is 5.60 Å². The van der Waals surface area contributed by atoms with E-state index in [0.29, 0.717) is 0 Å². The first-order chi connectivity index (χ1) is 5.72. The number of hydrogen-bond donors (Lipinski definition) is 1. The summed E-state index contributed by atoms with van der Waals surface area (Å²) in [5.41, 5.74) is -0.567. The van der Waals surface area contributed by atoms with Crippen LogP contribution in [0.15, 0.2) is 0 Å². The van der Waals surface area contributed by atoms with Crippen molar-refractivity contribution in [1.82, 2.24) is 4.42 Å². The van der Waals surface area contributed by atoms with Gasteiger partial charge in [0.05, 0.1) is 12.6 Å². The Morgan fingerprint density at radius 1 is 1.62 bits per heavy atom. The van der Waals surface area contributed by atoms with Crippen molar-refractivity contribution in [2.75, 3.05) is 6.54 Å². The van der Waals surface area contributed by atoms with Crippen LogP contribution in [0.3, 0.4) is 0 Å². The maximum absolute atomic E-state index is 11.2. The van der Waals surface area contributed by atoms with Crippen LogP contribution in [0.4, 0.5) is 4.79 Å². The molecule has 0 aliphatic heterocycles. The highest BCUT2D eigenvalue weighted by Crippen LogP contribution is 2.11. The second-order valence-corrected chi connectivity index (χ2v) is 4.28. The van der Waals surface area contributed by atoms with E-state index in [1.807, 2.05) is 0 Å². The summed E-state index contributed by atoms with van der Waals surface area (Å²) in [6, 6.07) is 0. The summed E-state index contributed by atoms with van der Waals surface area (Å²) >= 11 is 5.53. The Morgan fingerprint density at radius 2 is 2.08 bits per heavy atom. The Bertz CT molecular complexity index is 177. The summed E-state index contributed by atoms with van der Waals surface area (Å²) in [6.45, 7) is 6.84. The van der Waals surface area contributed by atoms with Gasteiger partial charge in [-0.25, -0.2) is 9.21 Å². The minimum atomic E-state index is -0.662. The lowest BCUT2D eigenvalue weighted by Crippen LogP contribution is -2.34. The Morgan fingerprint density at radius 3 is 2.38 bits per heavy atom. The van der Waals surface area contributed by atoms with E-state index in [0.717, 1.165) is 4.42 Å². The smallest absolute Gasteiger partial charge is 0.425 e. The molecule has 0 aromatic carbocycles. The van der Waals surface area contributed by atoms with Crippen molar-refractivity contribution in [3.63, 3.8) is 0 Å². The zero-order valence-electron chi connectivity index (χ0n) is 8.37. The molecule has 78 valence electrons. The van der Waals surface area contributed by atoms with Crippen LogP contribution < -0.4 is 0 Å². The third kappa shape index (κ3) is 6.66. The summed E-state index contributed by atoms with van der Waals surface area (Å²) in [6.07, 6.45) is -1.31. The molecule has 0 fully saturated rings. The van der Waals surface area contributed by atoms with Gasteiger partial charge in [-0.1, -0.05) is 0 Å². The zero-order chi connectivity index (χ0) is 10.6. The zero-order valence-corrected chi connectivity index (χ0v) is 9.13. The van der Waals surface area contributed by atoms with Gasteiger partial charge in [-0.2, -0.15) is 0 Å². The van der Waals surface area contributed by atoms with Crippen LogP contribution >= 0.6 is 11.8 Å². The highest BCUT2D eigenvalue weighted by atomic mass is 35.5. The summed E-state index contributed by atoms with van der Waals surface area (Å²) in [5, 5.41) is 8.94. The predicted octanol–water partition coefficient (Wildman–Crippen LogP) is 1.76. The fourth-order valence-electron chi connectivity index (χ4n) is 0.618. The lowest BCUT2D eigenvalue weighted by molar-refractivity contribution is 0.0335. The molecule has 5 heteroatoms. The molecule has 0 aliphatic carbocycles. The molecular formula is C8H16ClNO3. The Labute approximate surface area is 83.5 Å². The van der Waals surface area contributed by atoms with E-state index in [4.69, 9.17) is 21.6 Å².